The van der Waals surface area contributed by atoms with Crippen LogP contribution in [0, 0.1) is 10.8 Å². The summed E-state index contributed by atoms with van der Waals surface area (Å²) in [4.78, 5) is 18.6. The highest BCUT2D eigenvalue weighted by atomic mass is 16.2. The summed E-state index contributed by atoms with van der Waals surface area (Å²) in [6, 6.07) is 0. The van der Waals surface area contributed by atoms with E-state index >= 15 is 0 Å². The smallest absolute Gasteiger partial charge is 0.230 e. The molecule has 0 radical (unpaired) electrons. The molecule has 0 bridgehead atoms. The van der Waals surface area contributed by atoms with Crippen molar-refractivity contribution >= 4 is 11.9 Å². The maximum atomic E-state index is 12.6. The number of hydrogen-bond donors (Lipinski definition) is 2. The van der Waals surface area contributed by atoms with Crippen molar-refractivity contribution in [2.75, 3.05) is 34.2 Å². The highest BCUT2D eigenvalue weighted by Gasteiger charge is 2.42. The summed E-state index contributed by atoms with van der Waals surface area (Å²) < 4.78 is 0. The first-order valence-electron chi connectivity index (χ1n) is 8.86. The Labute approximate surface area is 142 Å². The third-order valence-corrected chi connectivity index (χ3v) is 4.63. The highest BCUT2D eigenvalue weighted by molar-refractivity contribution is 5.85. The Morgan fingerprint density at radius 3 is 2.26 bits per heavy atom. The van der Waals surface area contributed by atoms with E-state index in [0.29, 0.717) is 12.0 Å². The van der Waals surface area contributed by atoms with Crippen molar-refractivity contribution in [2.24, 2.45) is 15.8 Å². The van der Waals surface area contributed by atoms with Crippen molar-refractivity contribution in [3.63, 3.8) is 0 Å². The fourth-order valence-corrected chi connectivity index (χ4v) is 3.29. The summed E-state index contributed by atoms with van der Waals surface area (Å²) in [5, 5.41) is 6.74. The molecular formula is C18H36N4O. The molecule has 2 N–H and O–H groups in total. The Hall–Kier alpha value is -1.26. The first-order valence-corrected chi connectivity index (χ1v) is 8.86. The van der Waals surface area contributed by atoms with Gasteiger partial charge in [0.2, 0.25) is 5.91 Å². The van der Waals surface area contributed by atoms with E-state index in [1.807, 2.05) is 14.1 Å². The summed E-state index contributed by atoms with van der Waals surface area (Å²) in [6.07, 6.45) is 6.51. The lowest BCUT2D eigenvalue weighted by molar-refractivity contribution is -0.138. The van der Waals surface area contributed by atoms with Gasteiger partial charge >= 0.3 is 0 Å². The molecule has 0 aromatic heterocycles. The van der Waals surface area contributed by atoms with E-state index < -0.39 is 0 Å². The SMILES string of the molecule is CN=C(NCCCC(C)(C)C)NCC1(C(=O)N(C)C)CCCC1. The largest absolute Gasteiger partial charge is 0.356 e. The van der Waals surface area contributed by atoms with Gasteiger partial charge < -0.3 is 15.5 Å². The molecule has 0 heterocycles. The van der Waals surface area contributed by atoms with Crippen molar-refractivity contribution in [3.8, 4) is 0 Å². The maximum absolute atomic E-state index is 12.6. The number of guanidine groups is 1. The molecule has 23 heavy (non-hydrogen) atoms. The lowest BCUT2D eigenvalue weighted by Crippen LogP contribution is -2.49. The van der Waals surface area contributed by atoms with E-state index in [1.54, 1.807) is 11.9 Å². The van der Waals surface area contributed by atoms with Crippen LogP contribution in [0.4, 0.5) is 0 Å². The zero-order chi connectivity index (χ0) is 17.5. The average molecular weight is 325 g/mol. The van der Waals surface area contributed by atoms with Crippen LogP contribution >= 0.6 is 0 Å². The molecule has 1 saturated carbocycles. The molecule has 1 aliphatic carbocycles. The molecule has 0 aromatic carbocycles. The third-order valence-electron chi connectivity index (χ3n) is 4.63. The highest BCUT2D eigenvalue weighted by Crippen LogP contribution is 2.38. The van der Waals surface area contributed by atoms with Gasteiger partial charge in [0.15, 0.2) is 5.96 Å². The molecule has 1 rings (SSSR count). The Morgan fingerprint density at radius 1 is 1.17 bits per heavy atom. The van der Waals surface area contributed by atoms with Crippen LogP contribution in [0.2, 0.25) is 0 Å². The summed E-state index contributed by atoms with van der Waals surface area (Å²) in [5.41, 5.74) is 0.108. The van der Waals surface area contributed by atoms with Crippen LogP contribution in [-0.2, 0) is 4.79 Å². The monoisotopic (exact) mass is 324 g/mol. The van der Waals surface area contributed by atoms with Crippen molar-refractivity contribution in [1.82, 2.24) is 15.5 Å². The topological polar surface area (TPSA) is 56.7 Å². The molecule has 0 aliphatic heterocycles. The lowest BCUT2D eigenvalue weighted by Gasteiger charge is -2.31. The molecular weight excluding hydrogens is 288 g/mol. The maximum Gasteiger partial charge on any atom is 0.230 e. The molecule has 0 unspecified atom stereocenters. The molecule has 1 amide bonds. The number of nitrogens with one attached hydrogen (secondary N) is 2. The number of hydrogen-bond acceptors (Lipinski definition) is 2. The molecule has 0 aromatic rings. The molecule has 0 saturated heterocycles. The minimum atomic E-state index is -0.257. The van der Waals surface area contributed by atoms with Crippen molar-refractivity contribution < 1.29 is 4.79 Å². The minimum Gasteiger partial charge on any atom is -0.356 e. The minimum absolute atomic E-state index is 0.241. The Morgan fingerprint density at radius 2 is 1.78 bits per heavy atom. The predicted molar refractivity (Wildman–Crippen MR) is 97.6 cm³/mol. The first kappa shape index (κ1) is 19.8. The second-order valence-corrected chi connectivity index (χ2v) is 8.20. The van der Waals surface area contributed by atoms with Crippen LogP contribution in [0.25, 0.3) is 0 Å². The zero-order valence-corrected chi connectivity index (χ0v) is 16.0. The van der Waals surface area contributed by atoms with Crippen LogP contribution in [-0.4, -0.2) is 51.0 Å². The first-order chi connectivity index (χ1) is 10.7. The van der Waals surface area contributed by atoms with Crippen LogP contribution in [0.15, 0.2) is 4.99 Å². The summed E-state index contributed by atoms with van der Waals surface area (Å²) in [6.45, 7) is 8.36. The van der Waals surface area contributed by atoms with E-state index in [0.717, 1.165) is 44.6 Å². The van der Waals surface area contributed by atoms with Crippen LogP contribution in [0.1, 0.15) is 59.3 Å². The number of carbonyl (C=O) groups excluding carboxylic acids is 1. The molecule has 0 atom stereocenters. The van der Waals surface area contributed by atoms with Crippen molar-refractivity contribution in [1.29, 1.82) is 0 Å². The van der Waals surface area contributed by atoms with Gasteiger partial charge in [-0.3, -0.25) is 9.79 Å². The van der Waals surface area contributed by atoms with E-state index in [4.69, 9.17) is 0 Å². The number of aliphatic imine (C=N–C) groups is 1. The average Bonchev–Trinajstić information content (AvgIpc) is 2.94. The van der Waals surface area contributed by atoms with Crippen LogP contribution in [0.3, 0.4) is 0 Å². The molecule has 0 spiro atoms. The second-order valence-electron chi connectivity index (χ2n) is 8.20. The van der Waals surface area contributed by atoms with Gasteiger partial charge in [-0.25, -0.2) is 0 Å². The van der Waals surface area contributed by atoms with Crippen molar-refractivity contribution in [3.05, 3.63) is 0 Å². The molecule has 5 nitrogen and oxygen atoms in total. The third kappa shape index (κ3) is 6.40. The number of rotatable bonds is 6. The second kappa shape index (κ2) is 8.55. The van der Waals surface area contributed by atoms with Gasteiger partial charge in [0.25, 0.3) is 0 Å². The van der Waals surface area contributed by atoms with Crippen molar-refractivity contribution in [2.45, 2.75) is 59.3 Å². The molecule has 1 aliphatic rings. The van der Waals surface area contributed by atoms with Gasteiger partial charge in [-0.1, -0.05) is 33.6 Å². The Kier molecular flexibility index (Phi) is 7.36. The lowest BCUT2D eigenvalue weighted by atomic mass is 9.84. The van der Waals surface area contributed by atoms with E-state index in [9.17, 15) is 4.79 Å². The number of amides is 1. The van der Waals surface area contributed by atoms with Crippen LogP contribution in [0.5, 0.6) is 0 Å². The summed E-state index contributed by atoms with van der Waals surface area (Å²) in [7, 11) is 5.48. The number of nitrogens with zero attached hydrogens (tertiary/aromatic N) is 2. The van der Waals surface area contributed by atoms with Gasteiger partial charge in [0.1, 0.15) is 0 Å². The van der Waals surface area contributed by atoms with Gasteiger partial charge in [0, 0.05) is 34.2 Å². The van der Waals surface area contributed by atoms with Gasteiger partial charge in [-0.15, -0.1) is 0 Å². The fraction of sp³-hybridized carbons (Fsp3) is 0.889. The standard InChI is InChI=1S/C18H36N4O/c1-17(2,3)10-9-13-20-16(19-4)21-14-18(11-7-8-12-18)15(23)22(5)6/h7-14H2,1-6H3,(H2,19,20,21). The quantitative estimate of drug-likeness (QED) is 0.449. The normalized spacial score (nSPS) is 17.9. The van der Waals surface area contributed by atoms with Gasteiger partial charge in [-0.2, -0.15) is 0 Å². The Balaban J connectivity index is 2.47. The predicted octanol–water partition coefficient (Wildman–Crippen LogP) is 2.63. The fourth-order valence-electron chi connectivity index (χ4n) is 3.29. The summed E-state index contributed by atoms with van der Waals surface area (Å²) in [5.74, 6) is 1.04. The molecule has 1 fully saturated rings. The van der Waals surface area contributed by atoms with E-state index in [1.165, 1.54) is 6.42 Å². The summed E-state index contributed by atoms with van der Waals surface area (Å²) >= 11 is 0. The molecule has 5 heteroatoms. The number of carbonyl (C=O) groups is 1. The Bertz CT molecular complexity index is 404. The van der Waals surface area contributed by atoms with Gasteiger partial charge in [0.05, 0.1) is 5.41 Å². The van der Waals surface area contributed by atoms with Gasteiger partial charge in [-0.05, 0) is 31.1 Å². The zero-order valence-electron chi connectivity index (χ0n) is 16.0. The van der Waals surface area contributed by atoms with E-state index in [2.05, 4.69) is 36.4 Å². The van der Waals surface area contributed by atoms with Crippen LogP contribution < -0.4 is 10.6 Å². The van der Waals surface area contributed by atoms with E-state index in [-0.39, 0.29) is 11.3 Å². The molecule has 134 valence electrons.